The van der Waals surface area contributed by atoms with Crippen LogP contribution in [-0.4, -0.2) is 24.5 Å². The highest BCUT2D eigenvalue weighted by Crippen LogP contribution is 2.22. The van der Waals surface area contributed by atoms with Crippen molar-refractivity contribution in [3.63, 3.8) is 0 Å². The van der Waals surface area contributed by atoms with E-state index in [0.717, 1.165) is 0 Å². The number of halogens is 2. The molecular weight excluding hydrogens is 479 g/mol. The molecule has 0 saturated carbocycles. The number of hydrogen-bond acceptors (Lipinski definition) is 4. The van der Waals surface area contributed by atoms with Crippen LogP contribution in [0.1, 0.15) is 15.9 Å². The molecule has 6 nitrogen and oxygen atoms in total. The van der Waals surface area contributed by atoms with Gasteiger partial charge < -0.3 is 5.32 Å². The van der Waals surface area contributed by atoms with Gasteiger partial charge >= 0.3 is 0 Å². The molecule has 0 aliphatic rings. The van der Waals surface area contributed by atoms with E-state index in [1.54, 1.807) is 24.3 Å². The third-order valence-corrected chi connectivity index (χ3v) is 5.31. The minimum Gasteiger partial charge on any atom is -0.326 e. The highest BCUT2D eigenvalue weighted by Gasteiger charge is 2.20. The van der Waals surface area contributed by atoms with E-state index in [1.807, 2.05) is 22.6 Å². The summed E-state index contributed by atoms with van der Waals surface area (Å²) < 4.78 is 23.6. The van der Waals surface area contributed by atoms with Crippen molar-refractivity contribution in [3.8, 4) is 0 Å². The fraction of sp³-hybridized carbons (Fsp3) is 0.125. The molecule has 2 aromatic carbocycles. The normalized spacial score (nSPS) is 11.2. The van der Waals surface area contributed by atoms with Crippen molar-refractivity contribution in [2.24, 2.45) is 5.14 Å². The first kappa shape index (κ1) is 19.8. The van der Waals surface area contributed by atoms with E-state index in [-0.39, 0.29) is 38.7 Å². The van der Waals surface area contributed by atoms with Gasteiger partial charge in [-0.2, -0.15) is 0 Å². The van der Waals surface area contributed by atoms with Crippen molar-refractivity contribution >= 4 is 61.6 Å². The van der Waals surface area contributed by atoms with Gasteiger partial charge in [-0.25, -0.2) is 13.6 Å². The topological polar surface area (TPSA) is 106 Å². The summed E-state index contributed by atoms with van der Waals surface area (Å²) in [5, 5.41) is 8.23. The van der Waals surface area contributed by atoms with E-state index in [4.69, 9.17) is 16.7 Å². The van der Waals surface area contributed by atoms with Gasteiger partial charge in [0, 0.05) is 16.3 Å². The van der Waals surface area contributed by atoms with Crippen LogP contribution in [0.5, 0.6) is 0 Å². The number of sulfonamides is 1. The maximum atomic E-state index is 12.2. The van der Waals surface area contributed by atoms with Gasteiger partial charge in [0.1, 0.15) is 0 Å². The minimum absolute atomic E-state index is 0.000929. The second-order valence-electron chi connectivity index (χ2n) is 5.13. The first-order chi connectivity index (χ1) is 11.7. The number of nitrogens with two attached hydrogens (primary N) is 1. The van der Waals surface area contributed by atoms with E-state index >= 15 is 0 Å². The first-order valence-electron chi connectivity index (χ1n) is 7.01. The van der Waals surface area contributed by atoms with Gasteiger partial charge in [0.25, 0.3) is 0 Å². The zero-order chi connectivity index (χ0) is 18.6. The van der Waals surface area contributed by atoms with Crippen LogP contribution in [0.25, 0.3) is 0 Å². The van der Waals surface area contributed by atoms with E-state index in [2.05, 4.69) is 5.32 Å². The van der Waals surface area contributed by atoms with Crippen LogP contribution in [0.3, 0.4) is 0 Å². The molecule has 2 rings (SSSR count). The van der Waals surface area contributed by atoms with Crippen molar-refractivity contribution in [1.82, 2.24) is 0 Å². The number of rotatable bonds is 6. The third kappa shape index (κ3) is 5.24. The van der Waals surface area contributed by atoms with Crippen LogP contribution < -0.4 is 10.5 Å². The molecule has 0 radical (unpaired) electrons. The summed E-state index contributed by atoms with van der Waals surface area (Å²) in [4.78, 5) is 23.7. The lowest BCUT2D eigenvalue weighted by Crippen LogP contribution is -2.19. The monoisotopic (exact) mass is 492 g/mol. The van der Waals surface area contributed by atoms with Crippen molar-refractivity contribution in [2.45, 2.75) is 11.3 Å². The third-order valence-electron chi connectivity index (χ3n) is 3.30. The number of carbonyl (C=O) groups excluding carboxylic acids is 2. The van der Waals surface area contributed by atoms with E-state index < -0.39 is 10.0 Å². The van der Waals surface area contributed by atoms with Gasteiger partial charge in [-0.3, -0.25) is 9.59 Å². The van der Waals surface area contributed by atoms with Gasteiger partial charge in [-0.15, -0.1) is 0 Å². The quantitative estimate of drug-likeness (QED) is 0.367. The smallest absolute Gasteiger partial charge is 0.238 e. The molecule has 0 aliphatic carbocycles. The number of primary sulfonamides is 1. The molecule has 0 atom stereocenters. The summed E-state index contributed by atoms with van der Waals surface area (Å²) in [6, 6.07) is 10.9. The van der Waals surface area contributed by atoms with Crippen LogP contribution in [0.15, 0.2) is 47.4 Å². The number of ketones is 1. The number of hydrogen-bond donors (Lipinski definition) is 2. The fourth-order valence-corrected chi connectivity index (χ4v) is 3.55. The lowest BCUT2D eigenvalue weighted by molar-refractivity contribution is -0.115. The van der Waals surface area contributed by atoms with Crippen LogP contribution in [0, 0.1) is 0 Å². The summed E-state index contributed by atoms with van der Waals surface area (Å²) in [7, 11) is -4.11. The molecule has 0 heterocycles. The second-order valence-corrected chi connectivity index (χ2v) is 7.83. The Kier molecular flexibility index (Phi) is 6.55. The maximum Gasteiger partial charge on any atom is 0.238 e. The standard InChI is InChI=1S/C16H14ClIN2O4S/c17-13-4-2-1-3-10(13)7-16(22)20-11-5-6-12(14(21)9-18)15(8-11)25(19,23)24/h1-6,8H,7,9H2,(H,20,22)(H2,19,23,24). The molecule has 0 bridgehead atoms. The molecule has 0 unspecified atom stereocenters. The predicted octanol–water partition coefficient (Wildman–Crippen LogP) is 2.79. The number of anilines is 1. The largest absolute Gasteiger partial charge is 0.326 e. The summed E-state index contributed by atoms with van der Waals surface area (Å²) >= 11 is 7.85. The average Bonchev–Trinajstić information content (AvgIpc) is 2.55. The molecule has 2 aromatic rings. The molecule has 132 valence electrons. The Morgan fingerprint density at radius 1 is 1.16 bits per heavy atom. The lowest BCUT2D eigenvalue weighted by Gasteiger charge is -2.10. The Bertz CT molecular complexity index is 931. The van der Waals surface area contributed by atoms with Gasteiger partial charge in [0.15, 0.2) is 5.78 Å². The molecule has 0 saturated heterocycles. The highest BCUT2D eigenvalue weighted by atomic mass is 127. The van der Waals surface area contributed by atoms with E-state index in [1.165, 1.54) is 18.2 Å². The Balaban J connectivity index is 2.27. The number of carbonyl (C=O) groups is 2. The molecule has 25 heavy (non-hydrogen) atoms. The van der Waals surface area contributed by atoms with Crippen LogP contribution in [-0.2, 0) is 21.2 Å². The van der Waals surface area contributed by atoms with Gasteiger partial charge in [-0.05, 0) is 29.8 Å². The number of alkyl halides is 1. The Morgan fingerprint density at radius 3 is 2.44 bits per heavy atom. The zero-order valence-electron chi connectivity index (χ0n) is 12.8. The van der Waals surface area contributed by atoms with Crippen molar-refractivity contribution in [2.75, 3.05) is 9.74 Å². The number of Topliss-reactive ketones (excluding diaryl/α,β-unsaturated/α-hetero) is 1. The molecule has 0 spiro atoms. The summed E-state index contributed by atoms with van der Waals surface area (Å²) in [5.41, 5.74) is 0.872. The van der Waals surface area contributed by atoms with Crippen LogP contribution in [0.2, 0.25) is 5.02 Å². The predicted molar refractivity (Wildman–Crippen MR) is 105 cm³/mol. The molecular formula is C16H14ClIN2O4S. The zero-order valence-corrected chi connectivity index (χ0v) is 16.6. The fourth-order valence-electron chi connectivity index (χ4n) is 2.16. The molecule has 3 N–H and O–H groups in total. The van der Waals surface area contributed by atoms with Crippen LogP contribution >= 0.6 is 34.2 Å². The Hall–Kier alpha value is -1.49. The summed E-state index contributed by atoms with van der Waals surface area (Å²) in [6.45, 7) is 0. The minimum atomic E-state index is -4.11. The molecule has 9 heteroatoms. The lowest BCUT2D eigenvalue weighted by atomic mass is 10.1. The Morgan fingerprint density at radius 2 is 1.84 bits per heavy atom. The van der Waals surface area contributed by atoms with E-state index in [0.29, 0.717) is 10.6 Å². The first-order valence-corrected chi connectivity index (χ1v) is 10.5. The Labute approximate surface area is 163 Å². The molecule has 0 fully saturated rings. The number of benzene rings is 2. The summed E-state index contributed by atoms with van der Waals surface area (Å²) in [5.74, 6) is -0.736. The van der Waals surface area contributed by atoms with Gasteiger partial charge in [0.05, 0.1) is 15.7 Å². The van der Waals surface area contributed by atoms with Crippen molar-refractivity contribution < 1.29 is 18.0 Å². The summed E-state index contributed by atoms with van der Waals surface area (Å²) in [6.07, 6.45) is 0.0266. The molecule has 1 amide bonds. The average molecular weight is 493 g/mol. The molecule has 0 aromatic heterocycles. The molecule has 0 aliphatic heterocycles. The number of amides is 1. The van der Waals surface area contributed by atoms with Crippen LogP contribution in [0.4, 0.5) is 5.69 Å². The van der Waals surface area contributed by atoms with Gasteiger partial charge in [0.2, 0.25) is 15.9 Å². The van der Waals surface area contributed by atoms with Gasteiger partial charge in [-0.1, -0.05) is 52.4 Å². The van der Waals surface area contributed by atoms with E-state index in [9.17, 15) is 18.0 Å². The highest BCUT2D eigenvalue weighted by molar-refractivity contribution is 14.1. The van der Waals surface area contributed by atoms with Crippen molar-refractivity contribution in [1.29, 1.82) is 0 Å². The SMILES string of the molecule is NS(=O)(=O)c1cc(NC(=O)Cc2ccccc2Cl)ccc1C(=O)CI. The maximum absolute atomic E-state index is 12.2. The number of nitrogens with one attached hydrogen (secondary N) is 1. The van der Waals surface area contributed by atoms with Crippen molar-refractivity contribution in [3.05, 3.63) is 58.6 Å². The second kappa shape index (κ2) is 8.26.